The second-order valence-corrected chi connectivity index (χ2v) is 6.16. The molecule has 2 rings (SSSR count). The van der Waals surface area contributed by atoms with E-state index in [0.29, 0.717) is 0 Å². The van der Waals surface area contributed by atoms with Crippen molar-refractivity contribution in [1.29, 1.82) is 0 Å². The SMILES string of the molecule is CCCc1nsc(NCc2cc(C)c(C)s2)n1. The van der Waals surface area contributed by atoms with Gasteiger partial charge in [0.25, 0.3) is 0 Å². The van der Waals surface area contributed by atoms with E-state index in [1.807, 2.05) is 11.3 Å². The van der Waals surface area contributed by atoms with Crippen LogP contribution < -0.4 is 5.32 Å². The molecule has 0 saturated carbocycles. The molecule has 2 aromatic heterocycles. The van der Waals surface area contributed by atoms with E-state index in [1.165, 1.54) is 26.9 Å². The minimum Gasteiger partial charge on any atom is -0.355 e. The largest absolute Gasteiger partial charge is 0.355 e. The van der Waals surface area contributed by atoms with Crippen molar-refractivity contribution in [2.45, 2.75) is 40.2 Å². The molecule has 0 unspecified atom stereocenters. The van der Waals surface area contributed by atoms with Crippen LogP contribution in [0.5, 0.6) is 0 Å². The molecule has 0 saturated heterocycles. The fourth-order valence-electron chi connectivity index (χ4n) is 1.55. The lowest BCUT2D eigenvalue weighted by atomic mass is 10.3. The molecule has 0 aromatic carbocycles. The van der Waals surface area contributed by atoms with E-state index in [-0.39, 0.29) is 0 Å². The van der Waals surface area contributed by atoms with Crippen LogP contribution in [0.25, 0.3) is 0 Å². The van der Waals surface area contributed by atoms with Crippen LogP contribution in [0.15, 0.2) is 6.07 Å². The van der Waals surface area contributed by atoms with Gasteiger partial charge in [-0.15, -0.1) is 11.3 Å². The molecule has 0 aliphatic carbocycles. The Morgan fingerprint density at radius 1 is 1.35 bits per heavy atom. The van der Waals surface area contributed by atoms with Crippen molar-refractivity contribution in [2.24, 2.45) is 0 Å². The van der Waals surface area contributed by atoms with Crippen molar-refractivity contribution in [2.75, 3.05) is 5.32 Å². The first kappa shape index (κ1) is 12.5. The maximum Gasteiger partial charge on any atom is 0.202 e. The highest BCUT2D eigenvalue weighted by molar-refractivity contribution is 7.12. The Hall–Kier alpha value is -0.940. The first-order valence-corrected chi connectivity index (χ1v) is 7.40. The van der Waals surface area contributed by atoms with Gasteiger partial charge in [-0.05, 0) is 31.9 Å². The summed E-state index contributed by atoms with van der Waals surface area (Å²) in [6.45, 7) is 7.30. The van der Waals surface area contributed by atoms with Crippen molar-refractivity contribution >= 4 is 28.0 Å². The predicted molar refractivity (Wildman–Crippen MR) is 75.0 cm³/mol. The van der Waals surface area contributed by atoms with Crippen LogP contribution >= 0.6 is 22.9 Å². The Kier molecular flexibility index (Phi) is 4.12. The molecule has 2 aromatic rings. The molecule has 0 aliphatic heterocycles. The number of thiophene rings is 1. The van der Waals surface area contributed by atoms with Gasteiger partial charge in [0.1, 0.15) is 5.82 Å². The number of nitrogens with zero attached hydrogens (tertiary/aromatic N) is 2. The fourth-order valence-corrected chi connectivity index (χ4v) is 3.15. The Bertz CT molecular complexity index is 468. The van der Waals surface area contributed by atoms with E-state index in [9.17, 15) is 0 Å². The van der Waals surface area contributed by atoms with Crippen LogP contribution in [0, 0.1) is 13.8 Å². The van der Waals surface area contributed by atoms with Gasteiger partial charge >= 0.3 is 0 Å². The summed E-state index contributed by atoms with van der Waals surface area (Å²) in [6.07, 6.45) is 2.06. The molecule has 1 N–H and O–H groups in total. The molecule has 0 amide bonds. The molecule has 0 aliphatic rings. The summed E-state index contributed by atoms with van der Waals surface area (Å²) in [6, 6.07) is 2.24. The summed E-state index contributed by atoms with van der Waals surface area (Å²) in [4.78, 5) is 7.19. The molecule has 0 atom stereocenters. The average Bonchev–Trinajstić information content (AvgIpc) is 2.85. The smallest absolute Gasteiger partial charge is 0.202 e. The minimum atomic E-state index is 0.847. The maximum atomic E-state index is 4.45. The Morgan fingerprint density at radius 3 is 2.82 bits per heavy atom. The molecule has 5 heteroatoms. The summed E-state index contributed by atoms with van der Waals surface area (Å²) < 4.78 is 4.31. The van der Waals surface area contributed by atoms with Crippen LogP contribution in [-0.2, 0) is 13.0 Å². The molecule has 0 radical (unpaired) electrons. The molecular formula is C12H17N3S2. The lowest BCUT2D eigenvalue weighted by Crippen LogP contribution is -1.97. The van der Waals surface area contributed by atoms with Crippen LogP contribution in [-0.4, -0.2) is 9.36 Å². The molecule has 0 fully saturated rings. The first-order valence-electron chi connectivity index (χ1n) is 5.81. The summed E-state index contributed by atoms with van der Waals surface area (Å²) in [5.74, 6) is 0.957. The lowest BCUT2D eigenvalue weighted by molar-refractivity contribution is 0.861. The van der Waals surface area contributed by atoms with Crippen LogP contribution in [0.2, 0.25) is 0 Å². The van der Waals surface area contributed by atoms with E-state index in [4.69, 9.17) is 0 Å². The normalized spacial score (nSPS) is 10.8. The number of anilines is 1. The molecule has 0 spiro atoms. The Labute approximate surface area is 110 Å². The third-order valence-corrected chi connectivity index (χ3v) is 4.44. The molecule has 2 heterocycles. The van der Waals surface area contributed by atoms with Crippen LogP contribution in [0.1, 0.15) is 34.5 Å². The topological polar surface area (TPSA) is 37.8 Å². The number of rotatable bonds is 5. The van der Waals surface area contributed by atoms with E-state index in [2.05, 4.69) is 41.5 Å². The molecule has 0 bridgehead atoms. The quantitative estimate of drug-likeness (QED) is 0.896. The van der Waals surface area contributed by atoms with E-state index < -0.39 is 0 Å². The van der Waals surface area contributed by atoms with Gasteiger partial charge in [0.15, 0.2) is 0 Å². The highest BCUT2D eigenvalue weighted by Crippen LogP contribution is 2.22. The summed E-state index contributed by atoms with van der Waals surface area (Å²) in [5.41, 5.74) is 1.37. The number of hydrogen-bond donors (Lipinski definition) is 1. The third-order valence-electron chi connectivity index (χ3n) is 2.57. The standard InChI is InChI=1S/C12H17N3S2/c1-4-5-11-14-12(17-15-11)13-7-10-6-8(2)9(3)16-10/h6H,4-5,7H2,1-3H3,(H,13,14,15). The molecule has 3 nitrogen and oxygen atoms in total. The summed E-state index contributed by atoms with van der Waals surface area (Å²) in [5, 5.41) is 4.26. The van der Waals surface area contributed by atoms with Gasteiger partial charge in [-0.25, -0.2) is 4.98 Å². The van der Waals surface area contributed by atoms with Gasteiger partial charge < -0.3 is 5.32 Å². The van der Waals surface area contributed by atoms with Crippen LogP contribution in [0.4, 0.5) is 5.13 Å². The third kappa shape index (κ3) is 3.26. The highest BCUT2D eigenvalue weighted by atomic mass is 32.1. The predicted octanol–water partition coefficient (Wildman–Crippen LogP) is 3.78. The molecule has 17 heavy (non-hydrogen) atoms. The number of aryl methyl sites for hydroxylation is 3. The van der Waals surface area contributed by atoms with Gasteiger partial charge in [0.2, 0.25) is 5.13 Å². The lowest BCUT2D eigenvalue weighted by Gasteiger charge is -1.97. The Morgan fingerprint density at radius 2 is 2.18 bits per heavy atom. The van der Waals surface area contributed by atoms with Gasteiger partial charge in [-0.2, -0.15) is 4.37 Å². The van der Waals surface area contributed by atoms with E-state index in [0.717, 1.165) is 30.3 Å². The highest BCUT2D eigenvalue weighted by Gasteiger charge is 2.05. The number of hydrogen-bond acceptors (Lipinski definition) is 5. The van der Waals surface area contributed by atoms with E-state index >= 15 is 0 Å². The van der Waals surface area contributed by atoms with Gasteiger partial charge in [0.05, 0.1) is 6.54 Å². The average molecular weight is 267 g/mol. The first-order chi connectivity index (χ1) is 8.19. The van der Waals surface area contributed by atoms with E-state index in [1.54, 1.807) is 0 Å². The summed E-state index contributed by atoms with van der Waals surface area (Å²) >= 11 is 3.30. The second-order valence-electron chi connectivity index (χ2n) is 4.07. The zero-order valence-electron chi connectivity index (χ0n) is 10.4. The Balaban J connectivity index is 1.92. The summed E-state index contributed by atoms with van der Waals surface area (Å²) in [7, 11) is 0. The van der Waals surface area contributed by atoms with Crippen molar-refractivity contribution in [1.82, 2.24) is 9.36 Å². The zero-order chi connectivity index (χ0) is 12.3. The fraction of sp³-hybridized carbons (Fsp3) is 0.500. The molecular weight excluding hydrogens is 250 g/mol. The van der Waals surface area contributed by atoms with Gasteiger partial charge in [-0.3, -0.25) is 0 Å². The number of aromatic nitrogens is 2. The number of nitrogens with one attached hydrogen (secondary N) is 1. The maximum absolute atomic E-state index is 4.45. The van der Waals surface area contributed by atoms with Crippen LogP contribution in [0.3, 0.4) is 0 Å². The zero-order valence-corrected chi connectivity index (χ0v) is 12.0. The van der Waals surface area contributed by atoms with Crippen molar-refractivity contribution in [3.63, 3.8) is 0 Å². The van der Waals surface area contributed by atoms with Gasteiger partial charge in [-0.1, -0.05) is 6.92 Å². The van der Waals surface area contributed by atoms with Crippen molar-refractivity contribution < 1.29 is 0 Å². The van der Waals surface area contributed by atoms with Gasteiger partial charge in [0, 0.05) is 27.7 Å². The van der Waals surface area contributed by atoms with Crippen molar-refractivity contribution in [3.05, 3.63) is 27.2 Å². The monoisotopic (exact) mass is 267 g/mol. The molecule has 92 valence electrons. The minimum absolute atomic E-state index is 0.847. The second kappa shape index (κ2) is 5.60. The van der Waals surface area contributed by atoms with Crippen molar-refractivity contribution in [3.8, 4) is 0 Å².